The molecular weight excluding hydrogens is 264 g/mol. The quantitative estimate of drug-likeness (QED) is 0.790. The predicted molar refractivity (Wildman–Crippen MR) is 84.3 cm³/mol. The van der Waals surface area contributed by atoms with Crippen LogP contribution in [0.15, 0.2) is 24.0 Å². The van der Waals surface area contributed by atoms with Crippen LogP contribution in [-0.4, -0.2) is 28.5 Å². The van der Waals surface area contributed by atoms with Crippen molar-refractivity contribution in [3.63, 3.8) is 0 Å². The molecule has 1 aliphatic carbocycles. The van der Waals surface area contributed by atoms with Gasteiger partial charge in [0.05, 0.1) is 5.56 Å². The van der Waals surface area contributed by atoms with Gasteiger partial charge in [0.1, 0.15) is 0 Å². The molecule has 2 rings (SSSR count). The van der Waals surface area contributed by atoms with Crippen molar-refractivity contribution in [1.82, 2.24) is 15.3 Å². The third kappa shape index (κ3) is 5.17. The zero-order chi connectivity index (χ0) is 15.1. The van der Waals surface area contributed by atoms with Crippen LogP contribution in [0.5, 0.6) is 0 Å². The van der Waals surface area contributed by atoms with E-state index in [4.69, 9.17) is 0 Å². The summed E-state index contributed by atoms with van der Waals surface area (Å²) in [7, 11) is 0. The van der Waals surface area contributed by atoms with Crippen LogP contribution in [0.2, 0.25) is 0 Å². The molecule has 1 aliphatic rings. The minimum atomic E-state index is -0.109. The minimum Gasteiger partial charge on any atom is -0.352 e. The van der Waals surface area contributed by atoms with Crippen molar-refractivity contribution >= 4 is 11.9 Å². The standard InChI is InChI=1S/C16H24N4O/c1-12(2)20-16-18-10-14(11-19-16)15(21)17-9-8-13-6-4-3-5-7-13/h6,10-12H,3-5,7-9H2,1-2H3,(H,17,21)(H,18,19,20). The van der Waals surface area contributed by atoms with Crippen molar-refractivity contribution in [2.45, 2.75) is 52.0 Å². The summed E-state index contributed by atoms with van der Waals surface area (Å²) in [5.41, 5.74) is 1.97. The van der Waals surface area contributed by atoms with Crippen LogP contribution < -0.4 is 10.6 Å². The van der Waals surface area contributed by atoms with Crippen LogP contribution in [0.1, 0.15) is 56.3 Å². The van der Waals surface area contributed by atoms with Crippen LogP contribution in [0.25, 0.3) is 0 Å². The molecule has 21 heavy (non-hydrogen) atoms. The first kappa shape index (κ1) is 15.5. The number of aromatic nitrogens is 2. The lowest BCUT2D eigenvalue weighted by Gasteiger charge is -2.13. The normalized spacial score (nSPS) is 14.7. The fourth-order valence-corrected chi connectivity index (χ4v) is 2.35. The number of rotatable bonds is 6. The van der Waals surface area contributed by atoms with E-state index in [-0.39, 0.29) is 11.9 Å². The number of anilines is 1. The van der Waals surface area contributed by atoms with Crippen molar-refractivity contribution in [3.05, 3.63) is 29.6 Å². The third-order valence-corrected chi connectivity index (χ3v) is 3.45. The Balaban J connectivity index is 1.78. The molecule has 0 atom stereocenters. The molecule has 0 aliphatic heterocycles. The second kappa shape index (κ2) is 7.76. The zero-order valence-corrected chi connectivity index (χ0v) is 12.9. The summed E-state index contributed by atoms with van der Waals surface area (Å²) in [6, 6.07) is 0.272. The molecule has 0 unspecified atom stereocenters. The molecule has 0 fully saturated rings. The molecule has 1 aromatic heterocycles. The van der Waals surface area contributed by atoms with E-state index in [0.717, 1.165) is 6.42 Å². The lowest BCUT2D eigenvalue weighted by atomic mass is 9.97. The van der Waals surface area contributed by atoms with E-state index in [0.29, 0.717) is 18.1 Å². The Morgan fingerprint density at radius 1 is 1.29 bits per heavy atom. The molecule has 1 aromatic rings. The van der Waals surface area contributed by atoms with Crippen LogP contribution >= 0.6 is 0 Å². The molecule has 1 heterocycles. The van der Waals surface area contributed by atoms with Gasteiger partial charge in [0.2, 0.25) is 5.95 Å². The average molecular weight is 288 g/mol. The summed E-state index contributed by atoms with van der Waals surface area (Å²) in [6.07, 6.45) is 11.3. The zero-order valence-electron chi connectivity index (χ0n) is 12.9. The van der Waals surface area contributed by atoms with Gasteiger partial charge in [-0.1, -0.05) is 11.6 Å². The number of carbonyl (C=O) groups excluding carboxylic acids is 1. The van der Waals surface area contributed by atoms with Crippen molar-refractivity contribution in [3.8, 4) is 0 Å². The summed E-state index contributed by atoms with van der Waals surface area (Å²) in [4.78, 5) is 20.3. The Hall–Kier alpha value is -1.91. The van der Waals surface area contributed by atoms with E-state index in [1.165, 1.54) is 31.3 Å². The van der Waals surface area contributed by atoms with Crippen LogP contribution in [0, 0.1) is 0 Å². The molecule has 0 aromatic carbocycles. The maximum atomic E-state index is 12.0. The molecule has 0 bridgehead atoms. The number of nitrogens with one attached hydrogen (secondary N) is 2. The van der Waals surface area contributed by atoms with Gasteiger partial charge in [-0.3, -0.25) is 4.79 Å². The first-order valence-electron chi connectivity index (χ1n) is 7.70. The highest BCUT2D eigenvalue weighted by atomic mass is 16.1. The molecule has 114 valence electrons. The highest BCUT2D eigenvalue weighted by molar-refractivity contribution is 5.93. The van der Waals surface area contributed by atoms with Gasteiger partial charge in [0, 0.05) is 25.0 Å². The maximum absolute atomic E-state index is 12.0. The van der Waals surface area contributed by atoms with Gasteiger partial charge in [-0.15, -0.1) is 0 Å². The summed E-state index contributed by atoms with van der Waals surface area (Å²) in [5, 5.41) is 6.02. The summed E-state index contributed by atoms with van der Waals surface area (Å²) < 4.78 is 0. The highest BCUT2D eigenvalue weighted by Crippen LogP contribution is 2.19. The third-order valence-electron chi connectivity index (χ3n) is 3.45. The molecule has 0 saturated carbocycles. The van der Waals surface area contributed by atoms with Crippen LogP contribution in [-0.2, 0) is 0 Å². The second-order valence-electron chi connectivity index (χ2n) is 5.71. The molecular formula is C16H24N4O. The monoisotopic (exact) mass is 288 g/mol. The number of hydrogen-bond acceptors (Lipinski definition) is 4. The average Bonchev–Trinajstić information content (AvgIpc) is 2.48. The Kier molecular flexibility index (Phi) is 5.72. The van der Waals surface area contributed by atoms with Crippen molar-refractivity contribution in [1.29, 1.82) is 0 Å². The number of allylic oxidation sites excluding steroid dienone is 1. The fourth-order valence-electron chi connectivity index (χ4n) is 2.35. The molecule has 1 amide bonds. The Bertz CT molecular complexity index is 494. The van der Waals surface area contributed by atoms with Crippen LogP contribution in [0.4, 0.5) is 5.95 Å². The van der Waals surface area contributed by atoms with E-state index in [9.17, 15) is 4.79 Å². The van der Waals surface area contributed by atoms with Gasteiger partial charge in [-0.2, -0.15) is 0 Å². The molecule has 0 radical (unpaired) electrons. The number of nitrogens with zero attached hydrogens (tertiary/aromatic N) is 2. The topological polar surface area (TPSA) is 66.9 Å². The minimum absolute atomic E-state index is 0.109. The Morgan fingerprint density at radius 3 is 2.67 bits per heavy atom. The van der Waals surface area contributed by atoms with Crippen molar-refractivity contribution < 1.29 is 4.79 Å². The lowest BCUT2D eigenvalue weighted by Crippen LogP contribution is -2.25. The molecule has 5 nitrogen and oxygen atoms in total. The molecule has 5 heteroatoms. The predicted octanol–water partition coefficient (Wildman–Crippen LogP) is 2.92. The van der Waals surface area contributed by atoms with Gasteiger partial charge in [-0.05, 0) is 46.0 Å². The smallest absolute Gasteiger partial charge is 0.254 e. The summed E-state index contributed by atoms with van der Waals surface area (Å²) in [6.45, 7) is 4.71. The maximum Gasteiger partial charge on any atom is 0.254 e. The number of carbonyl (C=O) groups is 1. The number of hydrogen-bond donors (Lipinski definition) is 2. The first-order chi connectivity index (χ1) is 10.1. The van der Waals surface area contributed by atoms with E-state index in [1.807, 2.05) is 13.8 Å². The number of amides is 1. The first-order valence-corrected chi connectivity index (χ1v) is 7.70. The van der Waals surface area contributed by atoms with Gasteiger partial charge in [0.15, 0.2) is 0 Å². The van der Waals surface area contributed by atoms with Crippen molar-refractivity contribution in [2.75, 3.05) is 11.9 Å². The summed E-state index contributed by atoms with van der Waals surface area (Å²) in [5.74, 6) is 0.441. The van der Waals surface area contributed by atoms with E-state index >= 15 is 0 Å². The second-order valence-corrected chi connectivity index (χ2v) is 5.71. The van der Waals surface area contributed by atoms with Crippen molar-refractivity contribution in [2.24, 2.45) is 0 Å². The van der Waals surface area contributed by atoms with E-state index in [1.54, 1.807) is 12.4 Å². The largest absolute Gasteiger partial charge is 0.352 e. The van der Waals surface area contributed by atoms with Gasteiger partial charge in [-0.25, -0.2) is 9.97 Å². The van der Waals surface area contributed by atoms with E-state index < -0.39 is 0 Å². The Morgan fingerprint density at radius 2 is 2.05 bits per heavy atom. The van der Waals surface area contributed by atoms with Crippen LogP contribution in [0.3, 0.4) is 0 Å². The molecule has 0 saturated heterocycles. The Labute approximate surface area is 126 Å². The highest BCUT2D eigenvalue weighted by Gasteiger charge is 2.08. The van der Waals surface area contributed by atoms with Gasteiger partial charge in [0.25, 0.3) is 5.91 Å². The fraction of sp³-hybridized carbons (Fsp3) is 0.562. The molecule has 0 spiro atoms. The SMILES string of the molecule is CC(C)Nc1ncc(C(=O)NCCC2=CCCCC2)cn1. The lowest BCUT2D eigenvalue weighted by molar-refractivity contribution is 0.0953. The van der Waals surface area contributed by atoms with Gasteiger partial charge >= 0.3 is 0 Å². The summed E-state index contributed by atoms with van der Waals surface area (Å²) >= 11 is 0. The molecule has 2 N–H and O–H groups in total. The van der Waals surface area contributed by atoms with E-state index in [2.05, 4.69) is 26.7 Å². The van der Waals surface area contributed by atoms with Gasteiger partial charge < -0.3 is 10.6 Å².